The van der Waals surface area contributed by atoms with Gasteiger partial charge in [-0.1, -0.05) is 0 Å². The van der Waals surface area contributed by atoms with Crippen LogP contribution in [-0.2, 0) is 20.0 Å². The first-order valence-electron chi connectivity index (χ1n) is 6.17. The summed E-state index contributed by atoms with van der Waals surface area (Å²) in [5.74, 6) is 0.350. The third-order valence-electron chi connectivity index (χ3n) is 2.93. The molecule has 0 aliphatic rings. The summed E-state index contributed by atoms with van der Waals surface area (Å²) in [5, 5.41) is 13.8. The van der Waals surface area contributed by atoms with Gasteiger partial charge in [-0.3, -0.25) is 10.1 Å². The molecule has 0 spiro atoms. The number of rotatable bonds is 6. The van der Waals surface area contributed by atoms with Gasteiger partial charge in [0.25, 0.3) is 5.69 Å². The maximum Gasteiger partial charge on any atom is 0.272 e. The number of imidazole rings is 1. The van der Waals surface area contributed by atoms with Gasteiger partial charge in [-0.2, -0.15) is 0 Å². The molecule has 0 unspecified atom stereocenters. The van der Waals surface area contributed by atoms with Crippen molar-refractivity contribution in [1.29, 1.82) is 0 Å². The lowest BCUT2D eigenvalue weighted by atomic mass is 10.2. The maximum absolute atomic E-state index is 13.2. The second-order valence-electron chi connectivity index (χ2n) is 4.46. The molecular formula is C13H15FN4O2. The monoisotopic (exact) mass is 278 g/mol. The summed E-state index contributed by atoms with van der Waals surface area (Å²) in [4.78, 5) is 14.2. The molecule has 0 amide bonds. The van der Waals surface area contributed by atoms with Crippen molar-refractivity contribution >= 4 is 5.69 Å². The van der Waals surface area contributed by atoms with Gasteiger partial charge < -0.3 is 9.88 Å². The van der Waals surface area contributed by atoms with Crippen LogP contribution in [0.25, 0.3) is 0 Å². The second kappa shape index (κ2) is 6.25. The minimum Gasteiger partial charge on any atom is -0.338 e. The molecule has 1 aromatic carbocycles. The maximum atomic E-state index is 13.2. The van der Waals surface area contributed by atoms with Crippen LogP contribution >= 0.6 is 0 Å². The summed E-state index contributed by atoms with van der Waals surface area (Å²) >= 11 is 0. The number of halogens is 1. The highest BCUT2D eigenvalue weighted by Gasteiger charge is 2.09. The van der Waals surface area contributed by atoms with Crippen LogP contribution in [0.15, 0.2) is 30.6 Å². The molecule has 20 heavy (non-hydrogen) atoms. The van der Waals surface area contributed by atoms with Crippen molar-refractivity contribution in [3.63, 3.8) is 0 Å². The highest BCUT2D eigenvalue weighted by molar-refractivity contribution is 5.35. The zero-order chi connectivity index (χ0) is 14.5. The molecule has 1 heterocycles. The molecular weight excluding hydrogens is 263 g/mol. The van der Waals surface area contributed by atoms with E-state index in [0.717, 1.165) is 18.3 Å². The number of hydrogen-bond acceptors (Lipinski definition) is 4. The number of nitrogens with one attached hydrogen (secondary N) is 1. The fourth-order valence-electron chi connectivity index (χ4n) is 1.91. The molecule has 2 aromatic rings. The zero-order valence-electron chi connectivity index (χ0n) is 11.0. The number of nitrogens with zero attached hydrogens (tertiary/aromatic N) is 3. The van der Waals surface area contributed by atoms with E-state index >= 15 is 0 Å². The number of non-ortho nitro benzene ring substituents is 1. The van der Waals surface area contributed by atoms with Gasteiger partial charge in [0.05, 0.1) is 11.0 Å². The minimum absolute atomic E-state index is 0.231. The molecule has 0 atom stereocenters. The number of aromatic nitrogens is 2. The van der Waals surface area contributed by atoms with E-state index in [2.05, 4.69) is 10.3 Å². The van der Waals surface area contributed by atoms with E-state index in [1.807, 2.05) is 17.8 Å². The summed E-state index contributed by atoms with van der Waals surface area (Å²) in [6.45, 7) is 1.04. The fourth-order valence-corrected chi connectivity index (χ4v) is 1.91. The number of aryl methyl sites for hydroxylation is 1. The van der Waals surface area contributed by atoms with Crippen LogP contribution in [0.2, 0.25) is 0 Å². The van der Waals surface area contributed by atoms with Crippen molar-refractivity contribution in [2.24, 2.45) is 7.05 Å². The zero-order valence-corrected chi connectivity index (χ0v) is 11.0. The quantitative estimate of drug-likeness (QED) is 0.497. The SMILES string of the molecule is Cn1ccnc1CCNCc1cc(F)cc([N+](=O)[O-])c1. The van der Waals surface area contributed by atoms with Crippen molar-refractivity contribution in [2.75, 3.05) is 6.54 Å². The standard InChI is InChI=1S/C13H15FN4O2/c1-17-5-4-16-13(17)2-3-15-9-10-6-11(14)8-12(7-10)18(19)20/h4-8,15H,2-3,9H2,1H3. The van der Waals surface area contributed by atoms with E-state index in [0.29, 0.717) is 18.7 Å². The van der Waals surface area contributed by atoms with Gasteiger partial charge in [-0.25, -0.2) is 9.37 Å². The average Bonchev–Trinajstić information content (AvgIpc) is 2.80. The van der Waals surface area contributed by atoms with Crippen molar-refractivity contribution in [3.05, 3.63) is 57.9 Å². The van der Waals surface area contributed by atoms with E-state index in [1.54, 1.807) is 6.20 Å². The highest BCUT2D eigenvalue weighted by atomic mass is 19.1. The van der Waals surface area contributed by atoms with E-state index in [9.17, 15) is 14.5 Å². The molecule has 0 radical (unpaired) electrons. The smallest absolute Gasteiger partial charge is 0.272 e. The van der Waals surface area contributed by atoms with Crippen LogP contribution in [0.4, 0.5) is 10.1 Å². The summed E-state index contributed by atoms with van der Waals surface area (Å²) < 4.78 is 15.2. The van der Waals surface area contributed by atoms with Gasteiger partial charge in [-0.05, 0) is 11.6 Å². The van der Waals surface area contributed by atoms with Gasteiger partial charge in [0.2, 0.25) is 0 Å². The molecule has 0 saturated carbocycles. The molecule has 1 N–H and O–H groups in total. The molecule has 0 saturated heterocycles. The first-order chi connectivity index (χ1) is 9.56. The number of nitro groups is 1. The van der Waals surface area contributed by atoms with Crippen LogP contribution in [0.5, 0.6) is 0 Å². The number of benzene rings is 1. The lowest BCUT2D eigenvalue weighted by Gasteiger charge is -2.05. The molecule has 0 aliphatic heterocycles. The van der Waals surface area contributed by atoms with E-state index in [1.165, 1.54) is 12.1 Å². The summed E-state index contributed by atoms with van der Waals surface area (Å²) in [6, 6.07) is 3.58. The average molecular weight is 278 g/mol. The first-order valence-corrected chi connectivity index (χ1v) is 6.17. The minimum atomic E-state index is -0.597. The largest absolute Gasteiger partial charge is 0.338 e. The third-order valence-corrected chi connectivity index (χ3v) is 2.93. The number of nitro benzene ring substituents is 1. The number of hydrogen-bond donors (Lipinski definition) is 1. The van der Waals surface area contributed by atoms with E-state index < -0.39 is 10.7 Å². The van der Waals surface area contributed by atoms with Crippen molar-refractivity contribution in [3.8, 4) is 0 Å². The summed E-state index contributed by atoms with van der Waals surface area (Å²) in [7, 11) is 1.91. The highest BCUT2D eigenvalue weighted by Crippen LogP contribution is 2.16. The predicted molar refractivity (Wildman–Crippen MR) is 71.7 cm³/mol. The Balaban J connectivity index is 1.88. The van der Waals surface area contributed by atoms with Gasteiger partial charge in [-0.15, -0.1) is 0 Å². The molecule has 2 rings (SSSR count). The Bertz CT molecular complexity index is 612. The van der Waals surface area contributed by atoms with Crippen LogP contribution in [0.3, 0.4) is 0 Å². The van der Waals surface area contributed by atoms with Gasteiger partial charge >= 0.3 is 0 Å². The van der Waals surface area contributed by atoms with Crippen LogP contribution in [0.1, 0.15) is 11.4 Å². The Morgan fingerprint density at radius 1 is 1.45 bits per heavy atom. The Labute approximate surface area is 115 Å². The molecule has 0 fully saturated rings. The third kappa shape index (κ3) is 3.61. The van der Waals surface area contributed by atoms with Gasteiger partial charge in [0.1, 0.15) is 11.6 Å². The molecule has 0 aliphatic carbocycles. The van der Waals surface area contributed by atoms with Gasteiger partial charge in [0, 0.05) is 45.0 Å². The van der Waals surface area contributed by atoms with E-state index in [4.69, 9.17) is 0 Å². The van der Waals surface area contributed by atoms with Crippen LogP contribution in [0, 0.1) is 15.9 Å². The van der Waals surface area contributed by atoms with Crippen molar-refractivity contribution < 1.29 is 9.31 Å². The Morgan fingerprint density at radius 3 is 2.90 bits per heavy atom. The Hall–Kier alpha value is -2.28. The topological polar surface area (TPSA) is 73.0 Å². The first kappa shape index (κ1) is 14.1. The van der Waals surface area contributed by atoms with Crippen molar-refractivity contribution in [1.82, 2.24) is 14.9 Å². The van der Waals surface area contributed by atoms with E-state index in [-0.39, 0.29) is 5.69 Å². The lowest BCUT2D eigenvalue weighted by Crippen LogP contribution is -2.18. The second-order valence-corrected chi connectivity index (χ2v) is 4.46. The Kier molecular flexibility index (Phi) is 4.41. The summed E-state index contributed by atoms with van der Waals surface area (Å²) in [5.41, 5.74) is 0.322. The molecule has 1 aromatic heterocycles. The van der Waals surface area contributed by atoms with Gasteiger partial charge in [0.15, 0.2) is 0 Å². The predicted octanol–water partition coefficient (Wildman–Crippen LogP) is 1.80. The molecule has 6 nitrogen and oxygen atoms in total. The lowest BCUT2D eigenvalue weighted by molar-refractivity contribution is -0.385. The Morgan fingerprint density at radius 2 is 2.25 bits per heavy atom. The summed E-state index contributed by atoms with van der Waals surface area (Å²) in [6.07, 6.45) is 4.33. The van der Waals surface area contributed by atoms with Crippen LogP contribution < -0.4 is 5.32 Å². The molecule has 106 valence electrons. The normalized spacial score (nSPS) is 10.7. The molecule has 7 heteroatoms. The van der Waals surface area contributed by atoms with Crippen LogP contribution in [-0.4, -0.2) is 21.0 Å². The molecule has 0 bridgehead atoms. The fraction of sp³-hybridized carbons (Fsp3) is 0.308. The van der Waals surface area contributed by atoms with Crippen molar-refractivity contribution in [2.45, 2.75) is 13.0 Å².